The van der Waals surface area contributed by atoms with Crippen LogP contribution in [0.2, 0.25) is 0 Å². The number of phenols is 2. The number of aliphatic carboxylic acids is 1. The molecule has 1 aromatic heterocycles. The minimum atomic E-state index is -1.79. The van der Waals surface area contributed by atoms with Crippen LogP contribution in [-0.2, 0) is 19.1 Å². The lowest BCUT2D eigenvalue weighted by atomic mass is 9.99. The first kappa shape index (κ1) is 25.9. The highest BCUT2D eigenvalue weighted by Crippen LogP contribution is 2.33. The maximum Gasteiger partial charge on any atom is 0.317 e. The summed E-state index contributed by atoms with van der Waals surface area (Å²) in [5.41, 5.74) is -0.0752. The van der Waals surface area contributed by atoms with Crippen LogP contribution in [0.4, 0.5) is 0 Å². The van der Waals surface area contributed by atoms with Crippen molar-refractivity contribution >= 4 is 22.9 Å². The maximum atomic E-state index is 13.0. The third kappa shape index (κ3) is 5.49. The molecule has 37 heavy (non-hydrogen) atoms. The predicted octanol–water partition coefficient (Wildman–Crippen LogP) is 0.0755. The second kappa shape index (κ2) is 10.4. The first-order valence-electron chi connectivity index (χ1n) is 10.9. The molecule has 1 fully saturated rings. The van der Waals surface area contributed by atoms with Gasteiger partial charge in [-0.15, -0.1) is 0 Å². The highest BCUT2D eigenvalue weighted by molar-refractivity contribution is 5.90. The monoisotopic (exact) mass is 518 g/mol. The summed E-state index contributed by atoms with van der Waals surface area (Å²) in [6, 6.07) is 8.05. The van der Waals surface area contributed by atoms with Crippen molar-refractivity contribution in [1.82, 2.24) is 0 Å². The van der Waals surface area contributed by atoms with Crippen LogP contribution in [0.15, 0.2) is 51.9 Å². The summed E-state index contributed by atoms with van der Waals surface area (Å²) >= 11 is 0. The smallest absolute Gasteiger partial charge is 0.317 e. The van der Waals surface area contributed by atoms with Gasteiger partial charge in [0.05, 0.1) is 5.56 Å². The lowest BCUT2D eigenvalue weighted by molar-refractivity contribution is -0.278. The number of benzene rings is 2. The van der Waals surface area contributed by atoms with Gasteiger partial charge in [0.25, 0.3) is 0 Å². The Morgan fingerprint density at radius 1 is 0.973 bits per heavy atom. The standard InChI is InChI=1S/C24H22O13/c25-11-3-1-10(2-4-11)13-8-34-15-6-12(5-14(26)19(15)20(13)30)36-24-23(33)22(32)21(31)16(37-24)9-35-18(29)7-17(27)28/h1-6,8,16,21-26,31-33H,7,9H2,(H,27,28)/t16?,21-,22?,23-,24+/m0/s1. The quantitative estimate of drug-likeness (QED) is 0.181. The Labute approximate surface area is 207 Å². The molecule has 6 N–H and O–H groups in total. The number of esters is 1. The molecule has 13 heteroatoms. The first-order chi connectivity index (χ1) is 17.5. The van der Waals surface area contributed by atoms with Crippen molar-refractivity contribution in [1.29, 1.82) is 0 Å². The molecule has 0 aliphatic carbocycles. The van der Waals surface area contributed by atoms with Gasteiger partial charge in [-0.05, 0) is 17.7 Å². The number of phenolic OH excluding ortho intramolecular Hbond substituents is 2. The second-order valence-electron chi connectivity index (χ2n) is 8.23. The van der Waals surface area contributed by atoms with Gasteiger partial charge >= 0.3 is 11.9 Å². The molecule has 2 heterocycles. The number of aromatic hydroxyl groups is 2. The van der Waals surface area contributed by atoms with E-state index >= 15 is 0 Å². The zero-order valence-corrected chi connectivity index (χ0v) is 18.9. The molecule has 0 radical (unpaired) electrons. The fourth-order valence-corrected chi connectivity index (χ4v) is 3.75. The van der Waals surface area contributed by atoms with Gasteiger partial charge in [0.2, 0.25) is 11.7 Å². The van der Waals surface area contributed by atoms with E-state index in [0.29, 0.717) is 5.56 Å². The van der Waals surface area contributed by atoms with Crippen LogP contribution in [0.3, 0.4) is 0 Å². The Morgan fingerprint density at radius 3 is 2.35 bits per heavy atom. The van der Waals surface area contributed by atoms with Crippen LogP contribution in [0.25, 0.3) is 22.1 Å². The average molecular weight is 518 g/mol. The van der Waals surface area contributed by atoms with E-state index in [1.807, 2.05) is 0 Å². The molecule has 3 aromatic rings. The van der Waals surface area contributed by atoms with Gasteiger partial charge in [0.1, 0.15) is 71.9 Å². The van der Waals surface area contributed by atoms with Gasteiger partial charge in [-0.2, -0.15) is 0 Å². The van der Waals surface area contributed by atoms with Crippen molar-refractivity contribution in [3.05, 3.63) is 52.9 Å². The molecule has 1 aliphatic rings. The van der Waals surface area contributed by atoms with E-state index in [9.17, 15) is 39.9 Å². The first-order valence-corrected chi connectivity index (χ1v) is 10.9. The molecule has 4 rings (SSSR count). The molecule has 2 unspecified atom stereocenters. The van der Waals surface area contributed by atoms with Crippen molar-refractivity contribution in [2.24, 2.45) is 0 Å². The molecule has 196 valence electrons. The van der Waals surface area contributed by atoms with Gasteiger partial charge in [-0.25, -0.2) is 0 Å². The highest BCUT2D eigenvalue weighted by atomic mass is 16.7. The molecule has 0 amide bonds. The summed E-state index contributed by atoms with van der Waals surface area (Å²) in [6.07, 6.45) is -8.04. The van der Waals surface area contributed by atoms with E-state index in [0.717, 1.165) is 12.3 Å². The third-order valence-electron chi connectivity index (χ3n) is 5.63. The van der Waals surface area contributed by atoms with E-state index in [2.05, 4.69) is 0 Å². The topological polar surface area (TPSA) is 213 Å². The fraction of sp³-hybridized carbons (Fsp3) is 0.292. The normalized spacial score (nSPS) is 23.5. The lowest BCUT2D eigenvalue weighted by Gasteiger charge is -2.39. The number of ether oxygens (including phenoxy) is 3. The molecule has 0 spiro atoms. The largest absolute Gasteiger partial charge is 0.508 e. The maximum absolute atomic E-state index is 13.0. The van der Waals surface area contributed by atoms with Gasteiger partial charge in [-0.3, -0.25) is 14.4 Å². The fourth-order valence-electron chi connectivity index (χ4n) is 3.75. The number of fused-ring (bicyclic) bond motifs is 1. The van der Waals surface area contributed by atoms with Crippen molar-refractivity contribution < 1.29 is 58.9 Å². The Kier molecular flexibility index (Phi) is 7.31. The number of carboxylic acids is 1. The van der Waals surface area contributed by atoms with E-state index < -0.39 is 66.9 Å². The number of rotatable bonds is 7. The Bertz CT molecular complexity index is 1360. The van der Waals surface area contributed by atoms with E-state index in [1.54, 1.807) is 0 Å². The summed E-state index contributed by atoms with van der Waals surface area (Å²) in [5, 5.41) is 59.0. The number of carboxylic acid groups (broad SMARTS) is 1. The average Bonchev–Trinajstić information content (AvgIpc) is 2.84. The summed E-state index contributed by atoms with van der Waals surface area (Å²) < 4.78 is 21.2. The number of carbonyl (C=O) groups excluding carboxylic acids is 1. The van der Waals surface area contributed by atoms with Crippen LogP contribution < -0.4 is 10.2 Å². The minimum absolute atomic E-state index is 0.00369. The van der Waals surface area contributed by atoms with E-state index in [-0.39, 0.29) is 28.0 Å². The zero-order chi connectivity index (χ0) is 26.9. The molecular weight excluding hydrogens is 496 g/mol. The van der Waals surface area contributed by atoms with Crippen LogP contribution in [0.5, 0.6) is 17.2 Å². The summed E-state index contributed by atoms with van der Waals surface area (Å²) in [5.74, 6) is -3.19. The van der Waals surface area contributed by atoms with E-state index in [4.69, 9.17) is 23.7 Å². The van der Waals surface area contributed by atoms with Gasteiger partial charge in [0.15, 0.2) is 0 Å². The van der Waals surface area contributed by atoms with Crippen LogP contribution in [0, 0.1) is 0 Å². The molecule has 1 saturated heterocycles. The number of carbonyl (C=O) groups is 2. The Morgan fingerprint density at radius 2 is 1.68 bits per heavy atom. The van der Waals surface area contributed by atoms with Gasteiger partial charge in [-0.1, -0.05) is 12.1 Å². The molecule has 2 aromatic carbocycles. The van der Waals surface area contributed by atoms with Crippen LogP contribution in [0.1, 0.15) is 6.42 Å². The molecule has 1 aliphatic heterocycles. The van der Waals surface area contributed by atoms with Crippen molar-refractivity contribution in [2.45, 2.75) is 37.1 Å². The molecule has 0 bridgehead atoms. The highest BCUT2D eigenvalue weighted by Gasteiger charge is 2.45. The van der Waals surface area contributed by atoms with Gasteiger partial charge < -0.3 is 49.3 Å². The second-order valence-corrected chi connectivity index (χ2v) is 8.23. The van der Waals surface area contributed by atoms with E-state index in [1.165, 1.54) is 30.3 Å². The molecular formula is C24H22O13. The summed E-state index contributed by atoms with van der Waals surface area (Å²) in [7, 11) is 0. The van der Waals surface area contributed by atoms with Crippen LogP contribution >= 0.6 is 0 Å². The molecule has 5 atom stereocenters. The molecule has 13 nitrogen and oxygen atoms in total. The number of aliphatic hydroxyl groups is 3. The SMILES string of the molecule is O=C(O)CC(=O)OCC1O[C@@H](Oc2cc(O)c3c(=O)c(-c4ccc(O)cc4)coc3c2)[C@@H](O)C(O)[C@H]1O. The summed E-state index contributed by atoms with van der Waals surface area (Å²) in [4.78, 5) is 35.0. The van der Waals surface area contributed by atoms with Crippen molar-refractivity contribution in [3.63, 3.8) is 0 Å². The summed E-state index contributed by atoms with van der Waals surface area (Å²) in [6.45, 7) is -0.644. The van der Waals surface area contributed by atoms with Crippen LogP contribution in [-0.4, -0.2) is 79.9 Å². The number of hydrogen-bond donors (Lipinski definition) is 6. The van der Waals surface area contributed by atoms with Crippen molar-refractivity contribution in [2.75, 3.05) is 6.61 Å². The third-order valence-corrected chi connectivity index (χ3v) is 5.63. The molecule has 0 saturated carbocycles. The Balaban J connectivity index is 1.56. The van der Waals surface area contributed by atoms with Gasteiger partial charge in [0, 0.05) is 12.1 Å². The minimum Gasteiger partial charge on any atom is -0.508 e. The lowest BCUT2D eigenvalue weighted by Crippen LogP contribution is -2.60. The Hall–Kier alpha value is -4.17. The number of hydrogen-bond acceptors (Lipinski definition) is 12. The predicted molar refractivity (Wildman–Crippen MR) is 122 cm³/mol. The van der Waals surface area contributed by atoms with Crippen molar-refractivity contribution in [3.8, 4) is 28.4 Å². The number of aliphatic hydroxyl groups excluding tert-OH is 3. The zero-order valence-electron chi connectivity index (χ0n) is 18.9.